The summed E-state index contributed by atoms with van der Waals surface area (Å²) in [7, 11) is 1.52. The Morgan fingerprint density at radius 1 is 1.64 bits per heavy atom. The fourth-order valence-electron chi connectivity index (χ4n) is 1.63. The van der Waals surface area contributed by atoms with E-state index < -0.39 is 11.7 Å². The molecule has 2 bridgehead atoms. The first kappa shape index (κ1) is 10.2. The molecule has 0 N–H and O–H groups in total. The van der Waals surface area contributed by atoms with Crippen LogP contribution >= 0.6 is 11.6 Å². The van der Waals surface area contributed by atoms with Gasteiger partial charge in [0.25, 0.3) is 0 Å². The monoisotopic (exact) mass is 222 g/mol. The molecular weight excluding hydrogens is 212 g/mol. The van der Waals surface area contributed by atoms with E-state index in [0.29, 0.717) is 0 Å². The van der Waals surface area contributed by atoms with Crippen molar-refractivity contribution in [2.75, 3.05) is 13.9 Å². The molecule has 0 spiro atoms. The Morgan fingerprint density at radius 3 is 3.14 bits per heavy atom. The maximum absolute atomic E-state index is 11.0. The van der Waals surface area contributed by atoms with E-state index in [4.69, 9.17) is 30.5 Å². The molecule has 4 atom stereocenters. The summed E-state index contributed by atoms with van der Waals surface area (Å²) in [6.45, 7) is 0.134. The minimum absolute atomic E-state index is 0.134. The van der Waals surface area contributed by atoms with Gasteiger partial charge < -0.3 is 18.9 Å². The van der Waals surface area contributed by atoms with E-state index >= 15 is 0 Å². The lowest BCUT2D eigenvalue weighted by molar-refractivity contribution is -0.198. The van der Waals surface area contributed by atoms with E-state index in [1.165, 1.54) is 7.11 Å². The number of hydrogen-bond donors (Lipinski definition) is 0. The van der Waals surface area contributed by atoms with Gasteiger partial charge in [0, 0.05) is 7.11 Å². The van der Waals surface area contributed by atoms with Crippen LogP contribution in [0, 0.1) is 0 Å². The number of methoxy groups -OCH3 is 1. The molecule has 0 aromatic carbocycles. The Hall–Kier alpha value is -0.360. The van der Waals surface area contributed by atoms with Gasteiger partial charge in [0.05, 0.1) is 6.42 Å². The molecule has 5 nitrogen and oxygen atoms in total. The molecule has 0 aromatic heterocycles. The van der Waals surface area contributed by atoms with Gasteiger partial charge in [-0.1, -0.05) is 0 Å². The van der Waals surface area contributed by atoms with E-state index in [2.05, 4.69) is 0 Å². The molecule has 2 saturated heterocycles. The molecule has 2 fully saturated rings. The van der Waals surface area contributed by atoms with Gasteiger partial charge in [-0.25, -0.2) is 0 Å². The zero-order chi connectivity index (χ0) is 10.1. The second-order valence-corrected chi connectivity index (χ2v) is 3.72. The first-order chi connectivity index (χ1) is 6.72. The largest absolute Gasteiger partial charge is 0.434 e. The first-order valence-corrected chi connectivity index (χ1v) is 4.75. The quantitative estimate of drug-likeness (QED) is 0.389. The number of esters is 1. The average molecular weight is 223 g/mol. The van der Waals surface area contributed by atoms with Gasteiger partial charge in [0.1, 0.15) is 24.4 Å². The molecule has 2 aliphatic heterocycles. The van der Waals surface area contributed by atoms with Crippen LogP contribution in [0.4, 0.5) is 0 Å². The smallest absolute Gasteiger partial charge is 0.310 e. The van der Waals surface area contributed by atoms with Crippen LogP contribution in [0.2, 0.25) is 0 Å². The van der Waals surface area contributed by atoms with Crippen LogP contribution in [0.5, 0.6) is 0 Å². The summed E-state index contributed by atoms with van der Waals surface area (Å²) in [6, 6.07) is 0. The van der Waals surface area contributed by atoms with Crippen molar-refractivity contribution in [3.05, 3.63) is 0 Å². The van der Waals surface area contributed by atoms with Gasteiger partial charge in [-0.05, 0) is 0 Å². The van der Waals surface area contributed by atoms with Crippen molar-refractivity contribution in [2.45, 2.75) is 30.3 Å². The standard InChI is InChI=1S/C8H11ClO5/c1-11-3-12-7-4-2-5(10)14-8(13-4)6(7)9/h4,6-8H,2-3H2,1H3/t4-,6+,7-,8+/m1/s1. The number of carbonyl (C=O) groups is 1. The number of hydrogen-bond acceptors (Lipinski definition) is 5. The normalized spacial score (nSPS) is 41.1. The Bertz CT molecular complexity index is 234. The lowest BCUT2D eigenvalue weighted by Crippen LogP contribution is -2.32. The third-order valence-electron chi connectivity index (χ3n) is 2.24. The maximum atomic E-state index is 11.0. The molecule has 0 unspecified atom stereocenters. The van der Waals surface area contributed by atoms with Crippen molar-refractivity contribution in [3.8, 4) is 0 Å². The van der Waals surface area contributed by atoms with Crippen molar-refractivity contribution in [3.63, 3.8) is 0 Å². The Morgan fingerprint density at radius 2 is 2.43 bits per heavy atom. The second kappa shape index (κ2) is 4.02. The van der Waals surface area contributed by atoms with Crippen LogP contribution in [0.25, 0.3) is 0 Å². The Kier molecular flexibility index (Phi) is 2.92. The number of rotatable bonds is 3. The topological polar surface area (TPSA) is 54.0 Å². The first-order valence-electron chi connectivity index (χ1n) is 4.32. The number of ether oxygens (including phenoxy) is 4. The predicted octanol–water partition coefficient (Wildman–Crippen LogP) is 0.255. The molecule has 0 amide bonds. The van der Waals surface area contributed by atoms with Gasteiger partial charge in [-0.15, -0.1) is 11.6 Å². The molecule has 0 saturated carbocycles. The Labute approximate surface area is 86.2 Å². The summed E-state index contributed by atoms with van der Waals surface area (Å²) < 4.78 is 20.3. The second-order valence-electron chi connectivity index (χ2n) is 3.22. The molecule has 80 valence electrons. The van der Waals surface area contributed by atoms with Gasteiger partial charge >= 0.3 is 5.97 Å². The zero-order valence-electron chi connectivity index (χ0n) is 7.64. The molecular formula is C8H11ClO5. The SMILES string of the molecule is COCO[C@H]1[C@H](Cl)[C@@H]2OC(=O)C[C@H]1O2. The third kappa shape index (κ3) is 1.72. The van der Waals surface area contributed by atoms with Crippen LogP contribution in [0.1, 0.15) is 6.42 Å². The summed E-state index contributed by atoms with van der Waals surface area (Å²) in [5.74, 6) is -0.291. The van der Waals surface area contributed by atoms with Crippen LogP contribution in [0.3, 0.4) is 0 Å². The highest BCUT2D eigenvalue weighted by Gasteiger charge is 2.50. The third-order valence-corrected chi connectivity index (χ3v) is 2.70. The van der Waals surface area contributed by atoms with Crippen LogP contribution in [-0.2, 0) is 23.7 Å². The summed E-state index contributed by atoms with van der Waals surface area (Å²) in [6.07, 6.45) is -1.13. The van der Waals surface area contributed by atoms with Crippen molar-refractivity contribution < 1.29 is 23.7 Å². The fourth-order valence-corrected chi connectivity index (χ4v) is 1.98. The van der Waals surface area contributed by atoms with Crippen LogP contribution < -0.4 is 0 Å². The number of carbonyl (C=O) groups excluding carboxylic acids is 1. The van der Waals surface area contributed by atoms with Gasteiger partial charge in [0.2, 0.25) is 6.29 Å². The molecule has 2 heterocycles. The summed E-state index contributed by atoms with van der Waals surface area (Å²) in [5, 5.41) is -0.457. The van der Waals surface area contributed by atoms with E-state index in [9.17, 15) is 4.79 Å². The van der Waals surface area contributed by atoms with Gasteiger partial charge in [-0.3, -0.25) is 4.79 Å². The fraction of sp³-hybridized carbons (Fsp3) is 0.875. The molecule has 6 heteroatoms. The number of alkyl halides is 1. The molecule has 14 heavy (non-hydrogen) atoms. The molecule has 2 rings (SSSR count). The minimum atomic E-state index is -0.676. The van der Waals surface area contributed by atoms with E-state index in [-0.39, 0.29) is 31.4 Å². The van der Waals surface area contributed by atoms with Crippen molar-refractivity contribution in [2.24, 2.45) is 0 Å². The van der Waals surface area contributed by atoms with Crippen molar-refractivity contribution >= 4 is 17.6 Å². The zero-order valence-corrected chi connectivity index (χ0v) is 8.40. The minimum Gasteiger partial charge on any atom is -0.434 e. The van der Waals surface area contributed by atoms with E-state index in [1.807, 2.05) is 0 Å². The predicted molar refractivity (Wildman–Crippen MR) is 45.8 cm³/mol. The molecule has 0 aliphatic carbocycles. The molecule has 2 aliphatic rings. The van der Waals surface area contributed by atoms with Gasteiger partial charge in [0.15, 0.2) is 0 Å². The van der Waals surface area contributed by atoms with Crippen LogP contribution in [-0.4, -0.2) is 43.7 Å². The van der Waals surface area contributed by atoms with E-state index in [1.54, 1.807) is 0 Å². The highest BCUT2D eigenvalue weighted by molar-refractivity contribution is 6.21. The van der Waals surface area contributed by atoms with E-state index in [0.717, 1.165) is 0 Å². The molecule has 0 aromatic rings. The highest BCUT2D eigenvalue weighted by atomic mass is 35.5. The number of halogens is 1. The average Bonchev–Trinajstić information content (AvgIpc) is 2.37. The van der Waals surface area contributed by atoms with Crippen molar-refractivity contribution in [1.82, 2.24) is 0 Å². The summed E-state index contributed by atoms with van der Waals surface area (Å²) in [4.78, 5) is 11.0. The van der Waals surface area contributed by atoms with Crippen molar-refractivity contribution in [1.29, 1.82) is 0 Å². The summed E-state index contributed by atoms with van der Waals surface area (Å²) >= 11 is 6.00. The van der Waals surface area contributed by atoms with Crippen LogP contribution in [0.15, 0.2) is 0 Å². The lowest BCUT2D eigenvalue weighted by atomic mass is 10.1. The highest BCUT2D eigenvalue weighted by Crippen LogP contribution is 2.34. The maximum Gasteiger partial charge on any atom is 0.310 e. The summed E-state index contributed by atoms with van der Waals surface area (Å²) in [5.41, 5.74) is 0. The van der Waals surface area contributed by atoms with Gasteiger partial charge in [-0.2, -0.15) is 0 Å². The Balaban J connectivity index is 2.00. The lowest BCUT2D eigenvalue weighted by Gasteiger charge is -2.20. The molecule has 0 radical (unpaired) electrons. The number of fused-ring (bicyclic) bond motifs is 2.